The van der Waals surface area contributed by atoms with Gasteiger partial charge in [0.25, 0.3) is 0 Å². The van der Waals surface area contributed by atoms with Crippen molar-refractivity contribution in [3.05, 3.63) is 40.7 Å². The second-order valence-corrected chi connectivity index (χ2v) is 4.48. The molecular weight excluding hydrogens is 250 g/mol. The maximum absolute atomic E-state index is 13.3. The summed E-state index contributed by atoms with van der Waals surface area (Å²) < 4.78 is 28.2. The number of nitrogen functional groups attached to an aromatic ring is 1. The summed E-state index contributed by atoms with van der Waals surface area (Å²) in [5.41, 5.74) is 8.61. The lowest BCUT2D eigenvalue weighted by atomic mass is 10.2. The van der Waals surface area contributed by atoms with Crippen LogP contribution in [0.15, 0.2) is 12.1 Å². The fourth-order valence-electron chi connectivity index (χ4n) is 1.99. The van der Waals surface area contributed by atoms with Gasteiger partial charge in [0.05, 0.1) is 17.1 Å². The topological polar surface area (TPSA) is 55.9 Å². The Hall–Kier alpha value is -2.11. The van der Waals surface area contributed by atoms with E-state index in [0.29, 0.717) is 6.54 Å². The first-order valence-electron chi connectivity index (χ1n) is 5.87. The summed E-state index contributed by atoms with van der Waals surface area (Å²) >= 11 is 0. The number of hydrogen-bond acceptors (Lipinski definition) is 3. The van der Waals surface area contributed by atoms with Crippen LogP contribution in [0.3, 0.4) is 0 Å². The van der Waals surface area contributed by atoms with Crippen LogP contribution in [0, 0.1) is 25.5 Å². The SMILES string of the molecule is Cc1nn(C)c(C)c1CNc1cc(F)cc(F)c1N. The van der Waals surface area contributed by atoms with E-state index >= 15 is 0 Å². The van der Waals surface area contributed by atoms with Crippen molar-refractivity contribution in [1.82, 2.24) is 9.78 Å². The van der Waals surface area contributed by atoms with Crippen LogP contribution in [-0.4, -0.2) is 9.78 Å². The van der Waals surface area contributed by atoms with E-state index in [1.54, 1.807) is 4.68 Å². The second kappa shape index (κ2) is 4.87. The molecule has 3 N–H and O–H groups in total. The van der Waals surface area contributed by atoms with Crippen LogP contribution >= 0.6 is 0 Å². The highest BCUT2D eigenvalue weighted by atomic mass is 19.1. The summed E-state index contributed by atoms with van der Waals surface area (Å²) in [5.74, 6) is -1.42. The van der Waals surface area contributed by atoms with Gasteiger partial charge in [0, 0.05) is 30.9 Å². The standard InChI is InChI=1S/C13H16F2N4/c1-7-10(8(2)19(3)18-7)6-17-12-5-9(14)4-11(15)13(12)16/h4-5,17H,6,16H2,1-3H3. The Labute approximate surface area is 110 Å². The quantitative estimate of drug-likeness (QED) is 0.839. The third kappa shape index (κ3) is 2.52. The van der Waals surface area contributed by atoms with Gasteiger partial charge in [-0.1, -0.05) is 0 Å². The molecule has 0 radical (unpaired) electrons. The lowest BCUT2D eigenvalue weighted by molar-refractivity contribution is 0.587. The molecule has 0 spiro atoms. The third-order valence-corrected chi connectivity index (χ3v) is 3.21. The molecule has 6 heteroatoms. The van der Waals surface area contributed by atoms with Crippen LogP contribution < -0.4 is 11.1 Å². The first-order valence-corrected chi connectivity index (χ1v) is 5.87. The van der Waals surface area contributed by atoms with E-state index in [4.69, 9.17) is 5.73 Å². The fourth-order valence-corrected chi connectivity index (χ4v) is 1.99. The molecule has 1 aromatic carbocycles. The summed E-state index contributed by atoms with van der Waals surface area (Å²) in [6.45, 7) is 4.24. The summed E-state index contributed by atoms with van der Waals surface area (Å²) in [5, 5.41) is 7.23. The molecular formula is C13H16F2N4. The average Bonchev–Trinajstić information content (AvgIpc) is 2.57. The molecule has 0 bridgehead atoms. The Balaban J connectivity index is 2.24. The molecule has 2 rings (SSSR count). The number of benzene rings is 1. The minimum absolute atomic E-state index is 0.0828. The van der Waals surface area contributed by atoms with Crippen molar-refractivity contribution in [2.75, 3.05) is 11.1 Å². The normalized spacial score (nSPS) is 10.8. The molecule has 0 aliphatic carbocycles. The Bertz CT molecular complexity index is 620. The smallest absolute Gasteiger partial charge is 0.151 e. The van der Waals surface area contributed by atoms with Crippen molar-refractivity contribution >= 4 is 11.4 Å². The van der Waals surface area contributed by atoms with Gasteiger partial charge in [0.2, 0.25) is 0 Å². The monoisotopic (exact) mass is 266 g/mol. The second-order valence-electron chi connectivity index (χ2n) is 4.48. The van der Waals surface area contributed by atoms with Crippen molar-refractivity contribution < 1.29 is 8.78 Å². The first kappa shape index (κ1) is 13.3. The number of nitrogens with one attached hydrogen (secondary N) is 1. The van der Waals surface area contributed by atoms with E-state index in [-0.39, 0.29) is 11.4 Å². The van der Waals surface area contributed by atoms with Gasteiger partial charge >= 0.3 is 0 Å². The Morgan fingerprint density at radius 3 is 2.58 bits per heavy atom. The van der Waals surface area contributed by atoms with Gasteiger partial charge in [-0.2, -0.15) is 5.10 Å². The third-order valence-electron chi connectivity index (χ3n) is 3.21. The van der Waals surface area contributed by atoms with Crippen molar-refractivity contribution in [3.8, 4) is 0 Å². The number of nitrogens with two attached hydrogens (primary N) is 1. The molecule has 0 saturated heterocycles. The highest BCUT2D eigenvalue weighted by molar-refractivity contribution is 5.66. The van der Waals surface area contributed by atoms with E-state index in [9.17, 15) is 8.78 Å². The Morgan fingerprint density at radius 1 is 1.32 bits per heavy atom. The predicted molar refractivity (Wildman–Crippen MR) is 70.8 cm³/mol. The molecule has 0 amide bonds. The van der Waals surface area contributed by atoms with Gasteiger partial charge in [0.1, 0.15) is 5.82 Å². The number of nitrogens with zero attached hydrogens (tertiary/aromatic N) is 2. The first-order chi connectivity index (χ1) is 8.90. The molecule has 1 heterocycles. The van der Waals surface area contributed by atoms with Gasteiger partial charge in [-0.25, -0.2) is 8.78 Å². The van der Waals surface area contributed by atoms with Crippen LogP contribution in [-0.2, 0) is 13.6 Å². The largest absolute Gasteiger partial charge is 0.395 e. The van der Waals surface area contributed by atoms with Gasteiger partial charge in [-0.3, -0.25) is 4.68 Å². The number of rotatable bonds is 3. The van der Waals surface area contributed by atoms with Crippen LogP contribution in [0.25, 0.3) is 0 Å². The number of hydrogen-bond donors (Lipinski definition) is 2. The van der Waals surface area contributed by atoms with Crippen molar-refractivity contribution in [2.45, 2.75) is 20.4 Å². The van der Waals surface area contributed by atoms with Gasteiger partial charge < -0.3 is 11.1 Å². The minimum Gasteiger partial charge on any atom is -0.395 e. The number of aromatic nitrogens is 2. The summed E-state index contributed by atoms with van der Waals surface area (Å²) in [6.07, 6.45) is 0. The molecule has 1 aromatic heterocycles. The fraction of sp³-hybridized carbons (Fsp3) is 0.308. The van der Waals surface area contributed by atoms with Crippen molar-refractivity contribution in [3.63, 3.8) is 0 Å². The molecule has 0 fully saturated rings. The maximum atomic E-state index is 13.3. The van der Waals surface area contributed by atoms with Gasteiger partial charge in [0.15, 0.2) is 5.82 Å². The zero-order valence-corrected chi connectivity index (χ0v) is 11.1. The summed E-state index contributed by atoms with van der Waals surface area (Å²) in [7, 11) is 1.85. The maximum Gasteiger partial charge on any atom is 0.151 e. The highest BCUT2D eigenvalue weighted by Gasteiger charge is 2.11. The summed E-state index contributed by atoms with van der Waals surface area (Å²) in [6, 6.07) is 1.94. The number of halogens is 2. The number of anilines is 2. The lowest BCUT2D eigenvalue weighted by Gasteiger charge is -2.10. The zero-order valence-electron chi connectivity index (χ0n) is 11.1. The molecule has 0 atom stereocenters. The lowest BCUT2D eigenvalue weighted by Crippen LogP contribution is -2.06. The van der Waals surface area contributed by atoms with Crippen LogP contribution in [0.2, 0.25) is 0 Å². The van der Waals surface area contributed by atoms with Crippen molar-refractivity contribution in [2.24, 2.45) is 7.05 Å². The molecule has 0 aliphatic rings. The van der Waals surface area contributed by atoms with E-state index in [0.717, 1.165) is 23.0 Å². The molecule has 0 unspecified atom stereocenters. The van der Waals surface area contributed by atoms with Crippen LogP contribution in [0.4, 0.5) is 20.2 Å². The molecule has 4 nitrogen and oxygen atoms in total. The zero-order chi connectivity index (χ0) is 14.2. The molecule has 102 valence electrons. The number of aryl methyl sites for hydroxylation is 2. The van der Waals surface area contributed by atoms with Crippen LogP contribution in [0.5, 0.6) is 0 Å². The molecule has 0 saturated carbocycles. The molecule has 2 aromatic rings. The van der Waals surface area contributed by atoms with Crippen molar-refractivity contribution in [1.29, 1.82) is 0 Å². The van der Waals surface area contributed by atoms with E-state index < -0.39 is 11.6 Å². The predicted octanol–water partition coefficient (Wildman–Crippen LogP) is 2.51. The van der Waals surface area contributed by atoms with Gasteiger partial charge in [-0.15, -0.1) is 0 Å². The van der Waals surface area contributed by atoms with E-state index in [1.807, 2.05) is 20.9 Å². The van der Waals surface area contributed by atoms with Crippen LogP contribution in [0.1, 0.15) is 17.0 Å². The summed E-state index contributed by atoms with van der Waals surface area (Å²) in [4.78, 5) is 0. The van der Waals surface area contributed by atoms with Gasteiger partial charge in [-0.05, 0) is 19.9 Å². The van der Waals surface area contributed by atoms with E-state index in [2.05, 4.69) is 10.4 Å². The highest BCUT2D eigenvalue weighted by Crippen LogP contribution is 2.24. The Kier molecular flexibility index (Phi) is 3.42. The molecule has 19 heavy (non-hydrogen) atoms. The minimum atomic E-state index is -0.762. The molecule has 0 aliphatic heterocycles. The average molecular weight is 266 g/mol. The Morgan fingerprint density at radius 2 is 2.00 bits per heavy atom. The van der Waals surface area contributed by atoms with E-state index in [1.165, 1.54) is 6.07 Å².